The van der Waals surface area contributed by atoms with Crippen molar-refractivity contribution in [3.05, 3.63) is 47.5 Å². The van der Waals surface area contributed by atoms with Crippen molar-refractivity contribution in [1.82, 2.24) is 0 Å². The Labute approximate surface area is 199 Å². The number of rotatable bonds is 11. The van der Waals surface area contributed by atoms with Crippen molar-refractivity contribution in [3.8, 4) is 9.86 Å². The van der Waals surface area contributed by atoms with Crippen LogP contribution in [0.2, 0.25) is 13.3 Å². The molecule has 0 bridgehead atoms. The van der Waals surface area contributed by atoms with Gasteiger partial charge < -0.3 is 0 Å². The molecule has 32 heavy (non-hydrogen) atoms. The predicted molar refractivity (Wildman–Crippen MR) is 139 cm³/mol. The Morgan fingerprint density at radius 1 is 0.906 bits per heavy atom. The van der Waals surface area contributed by atoms with Crippen LogP contribution in [0.15, 0.2) is 36.4 Å². The van der Waals surface area contributed by atoms with Crippen molar-refractivity contribution < 1.29 is 9.53 Å². The van der Waals surface area contributed by atoms with Crippen molar-refractivity contribution >= 4 is 35.1 Å². The van der Waals surface area contributed by atoms with Crippen molar-refractivity contribution in [1.29, 1.82) is 0 Å². The summed E-state index contributed by atoms with van der Waals surface area (Å²) in [7, 11) is 1.49. The van der Waals surface area contributed by atoms with Gasteiger partial charge in [0.2, 0.25) is 0 Å². The van der Waals surface area contributed by atoms with Crippen LogP contribution in [0.1, 0.15) is 83.3 Å². The Morgan fingerprint density at radius 3 is 2.00 bits per heavy atom. The molecule has 0 saturated heterocycles. The van der Waals surface area contributed by atoms with Gasteiger partial charge in [-0.05, 0) is 0 Å². The summed E-state index contributed by atoms with van der Waals surface area (Å²) in [5, 5.41) is 2.39. The summed E-state index contributed by atoms with van der Waals surface area (Å²) in [6.45, 7) is 6.94. The zero-order chi connectivity index (χ0) is 23.0. The number of fused-ring (bicyclic) bond motifs is 1. The van der Waals surface area contributed by atoms with Gasteiger partial charge in [0, 0.05) is 0 Å². The fraction of sp³-hybridized carbons (Fsp3) is 0.552. The molecular weight excluding hydrogens is 499 g/mol. The van der Waals surface area contributed by atoms with Gasteiger partial charge in [-0.2, -0.15) is 0 Å². The molecule has 1 aliphatic rings. The Kier molecular flexibility index (Phi) is 9.11. The number of benzene rings is 2. The van der Waals surface area contributed by atoms with E-state index < -0.39 is 23.8 Å². The first-order chi connectivity index (χ1) is 15.5. The second-order valence-electron chi connectivity index (χ2n) is 9.69. The number of ether oxygens (including phenoxy) is 1. The Morgan fingerprint density at radius 2 is 1.47 bits per heavy atom. The minimum atomic E-state index is -2.44. The molecule has 0 radical (unpaired) electrons. The van der Waals surface area contributed by atoms with Gasteiger partial charge >= 0.3 is 200 Å². The minimum absolute atomic E-state index is 0.102. The van der Waals surface area contributed by atoms with Crippen LogP contribution in [0.3, 0.4) is 0 Å². The van der Waals surface area contributed by atoms with Crippen molar-refractivity contribution in [2.24, 2.45) is 0 Å². The van der Waals surface area contributed by atoms with Crippen LogP contribution in [0.4, 0.5) is 0 Å². The van der Waals surface area contributed by atoms with Crippen LogP contribution in [0.5, 0.6) is 0 Å². The first-order valence-corrected chi connectivity index (χ1v) is 20.2. The summed E-state index contributed by atoms with van der Waals surface area (Å²) in [6, 6.07) is 13.0. The fourth-order valence-corrected chi connectivity index (χ4v) is 18.1. The number of carbonyl (C=O) groups excluding carboxylic acids is 1. The number of hydrogen-bond donors (Lipinski definition) is 0. The van der Waals surface area contributed by atoms with Gasteiger partial charge in [-0.25, -0.2) is 0 Å². The van der Waals surface area contributed by atoms with Gasteiger partial charge in [-0.15, -0.1) is 0 Å². The molecule has 1 saturated carbocycles. The van der Waals surface area contributed by atoms with Crippen LogP contribution in [-0.4, -0.2) is 31.5 Å². The molecule has 0 aromatic heterocycles. The SMILES string of the molecule is CCC[CH2][Sn]([C]#Cc1ccc2cc(C3(C(=O)OC)CC3)ccc2c1)([CH2]CCC)[CH2]CCC. The van der Waals surface area contributed by atoms with Gasteiger partial charge in [0.05, 0.1) is 0 Å². The van der Waals surface area contributed by atoms with E-state index >= 15 is 0 Å². The molecule has 172 valence electrons. The predicted octanol–water partition coefficient (Wildman–Crippen LogP) is 7.78. The maximum absolute atomic E-state index is 12.3. The first kappa shape index (κ1) is 25.2. The van der Waals surface area contributed by atoms with Gasteiger partial charge in [0.1, 0.15) is 0 Å². The molecule has 0 heterocycles. The summed E-state index contributed by atoms with van der Waals surface area (Å²) in [4.78, 5) is 12.3. The third-order valence-corrected chi connectivity index (χ3v) is 20.3. The molecule has 0 N–H and O–H groups in total. The second-order valence-corrected chi connectivity index (χ2v) is 22.0. The molecule has 0 unspecified atom stereocenters. The summed E-state index contributed by atoms with van der Waals surface area (Å²) in [6.07, 6.45) is 9.66. The van der Waals surface area contributed by atoms with E-state index in [0.717, 1.165) is 24.0 Å². The van der Waals surface area contributed by atoms with E-state index in [1.54, 1.807) is 0 Å². The molecule has 2 aromatic rings. The zero-order valence-electron chi connectivity index (χ0n) is 20.6. The second kappa shape index (κ2) is 11.6. The Balaban J connectivity index is 1.88. The quantitative estimate of drug-likeness (QED) is 0.166. The van der Waals surface area contributed by atoms with Crippen molar-refractivity contribution in [2.75, 3.05) is 7.11 Å². The fourth-order valence-electron chi connectivity index (χ4n) is 4.86. The molecule has 0 spiro atoms. The molecule has 1 fully saturated rings. The average Bonchev–Trinajstić information content (AvgIpc) is 3.64. The molecule has 2 nitrogen and oxygen atoms in total. The maximum atomic E-state index is 12.3. The molecule has 0 amide bonds. The van der Waals surface area contributed by atoms with Gasteiger partial charge in [0.25, 0.3) is 0 Å². The molecule has 2 aromatic carbocycles. The third-order valence-electron chi connectivity index (χ3n) is 7.22. The molecule has 0 aliphatic heterocycles. The van der Waals surface area contributed by atoms with Crippen LogP contribution in [-0.2, 0) is 14.9 Å². The van der Waals surface area contributed by atoms with Gasteiger partial charge in [0.15, 0.2) is 0 Å². The molecule has 0 atom stereocenters. The van der Waals surface area contributed by atoms with E-state index in [9.17, 15) is 4.79 Å². The summed E-state index contributed by atoms with van der Waals surface area (Å²) < 4.78 is 13.3. The van der Waals surface area contributed by atoms with E-state index in [1.165, 1.54) is 69.7 Å². The standard InChI is InChI=1S/C17H13O2.3C4H9.Sn/c1-3-12-4-5-14-11-15(7-6-13(14)10-12)17(8-9-17)16(18)19-2;3*1-3-4-2;/h4-7,10-11H,8-9H2,2H3;3*1,3-4H2,2H3;. The summed E-state index contributed by atoms with van der Waals surface area (Å²) >= 11 is -2.44. The first-order valence-electron chi connectivity index (χ1n) is 12.7. The van der Waals surface area contributed by atoms with E-state index in [1.807, 2.05) is 0 Å². The molecule has 3 rings (SSSR count). The average molecular weight is 539 g/mol. The zero-order valence-corrected chi connectivity index (χ0v) is 23.4. The monoisotopic (exact) mass is 540 g/mol. The van der Waals surface area contributed by atoms with Crippen LogP contribution >= 0.6 is 0 Å². The van der Waals surface area contributed by atoms with Gasteiger partial charge in [-0.3, -0.25) is 0 Å². The summed E-state index contributed by atoms with van der Waals surface area (Å²) in [5.41, 5.74) is 1.82. The topological polar surface area (TPSA) is 26.3 Å². The van der Waals surface area contributed by atoms with Crippen LogP contribution < -0.4 is 0 Å². The van der Waals surface area contributed by atoms with E-state index in [2.05, 4.69) is 67.0 Å². The molecule has 3 heteroatoms. The number of hydrogen-bond acceptors (Lipinski definition) is 2. The normalized spacial score (nSPS) is 14.6. The number of esters is 1. The number of unbranched alkanes of at least 4 members (excludes halogenated alkanes) is 3. The molecule has 1 aliphatic carbocycles. The number of methoxy groups -OCH3 is 1. The molecular formula is C29H40O2Sn. The Bertz CT molecular complexity index is 956. The van der Waals surface area contributed by atoms with Gasteiger partial charge in [-0.1, -0.05) is 0 Å². The summed E-state index contributed by atoms with van der Waals surface area (Å²) in [5.74, 6) is 3.56. The van der Waals surface area contributed by atoms with E-state index in [-0.39, 0.29) is 5.97 Å². The van der Waals surface area contributed by atoms with E-state index in [0.29, 0.717) is 0 Å². The van der Waals surface area contributed by atoms with Crippen LogP contribution in [0, 0.1) is 9.86 Å². The third kappa shape index (κ3) is 5.90. The van der Waals surface area contributed by atoms with Crippen molar-refractivity contribution in [2.45, 2.75) is 90.9 Å². The Hall–Kier alpha value is -1.47. The van der Waals surface area contributed by atoms with Crippen LogP contribution in [0.25, 0.3) is 10.8 Å². The number of carbonyl (C=O) groups is 1. The van der Waals surface area contributed by atoms with Crippen molar-refractivity contribution in [3.63, 3.8) is 0 Å². The van der Waals surface area contributed by atoms with E-state index in [4.69, 9.17) is 4.74 Å².